The van der Waals surface area contributed by atoms with Gasteiger partial charge in [0, 0.05) is 35.5 Å². The molecule has 0 radical (unpaired) electrons. The Morgan fingerprint density at radius 2 is 0.848 bits per heavy atom. The fourth-order valence-corrected chi connectivity index (χ4v) is 4.13. The molecule has 0 heterocycles. The van der Waals surface area contributed by atoms with Crippen LogP contribution in [0.25, 0.3) is 0 Å². The van der Waals surface area contributed by atoms with Crippen molar-refractivity contribution in [2.24, 2.45) is 0 Å². The van der Waals surface area contributed by atoms with Gasteiger partial charge in [0.25, 0.3) is 10.1 Å². The topological polar surface area (TPSA) is 60.9 Å². The highest BCUT2D eigenvalue weighted by molar-refractivity contribution is 7.85. The molecule has 0 unspecified atom stereocenters. The average Bonchev–Trinajstić information content (AvgIpc) is 2.81. The smallest absolute Gasteiger partial charge is 0.294 e. The molecule has 0 fully saturated rings. The molecule has 1 N–H and O–H groups in total. The van der Waals surface area contributed by atoms with E-state index in [0.29, 0.717) is 0 Å². The van der Waals surface area contributed by atoms with Crippen molar-refractivity contribution in [3.63, 3.8) is 0 Å². The second kappa shape index (κ2) is 9.10. The Morgan fingerprint density at radius 3 is 1.24 bits per heavy atom. The normalized spacial score (nSPS) is 11.3. The molecule has 0 atom stereocenters. The summed E-state index contributed by atoms with van der Waals surface area (Å²) in [7, 11) is -2.22. The molecule has 33 heavy (non-hydrogen) atoms. The predicted molar refractivity (Wildman–Crippen MR) is 135 cm³/mol. The van der Waals surface area contributed by atoms with E-state index in [1.807, 2.05) is 55.3 Å². The molecule has 0 aliphatic rings. The highest BCUT2D eigenvalue weighted by Crippen LogP contribution is 2.36. The minimum absolute atomic E-state index is 0.134. The summed E-state index contributed by atoms with van der Waals surface area (Å²) in [5.74, 6) is 0. The summed E-state index contributed by atoms with van der Waals surface area (Å²) in [5.41, 5.74) is 7.18. The van der Waals surface area contributed by atoms with Gasteiger partial charge in [-0.3, -0.25) is 4.55 Å². The quantitative estimate of drug-likeness (QED) is 0.322. The first-order chi connectivity index (χ1) is 15.7. The second-order valence-electron chi connectivity index (χ2n) is 8.05. The third-order valence-corrected chi connectivity index (χ3v) is 6.47. The summed E-state index contributed by atoms with van der Waals surface area (Å²) in [6, 6.07) is 30.9. The van der Waals surface area contributed by atoms with E-state index in [1.165, 1.54) is 17.7 Å². The maximum atomic E-state index is 11.5. The number of rotatable bonds is 6. The number of hydrogen-bond acceptors (Lipinski definition) is 4. The van der Waals surface area contributed by atoms with E-state index < -0.39 is 10.1 Å². The zero-order chi connectivity index (χ0) is 23.6. The predicted octanol–water partition coefficient (Wildman–Crippen LogP) is 6.79. The molecule has 0 saturated carbocycles. The van der Waals surface area contributed by atoms with Crippen molar-refractivity contribution < 1.29 is 13.0 Å². The summed E-state index contributed by atoms with van der Waals surface area (Å²) in [6.45, 7) is 4.10. The highest BCUT2D eigenvalue weighted by Gasteiger charge is 2.15. The van der Waals surface area contributed by atoms with Gasteiger partial charge in [-0.15, -0.1) is 0 Å². The summed E-state index contributed by atoms with van der Waals surface area (Å²) in [5, 5.41) is 0. The SMILES string of the molecule is Cc1ccc(N(C)c2ccc(N(c3ccc(C)cc3)c3ccc(S(=O)(=O)O)cc3)cc2)cc1. The van der Waals surface area contributed by atoms with Gasteiger partial charge in [-0.05, 0) is 86.6 Å². The van der Waals surface area contributed by atoms with Crippen molar-refractivity contribution in [2.75, 3.05) is 16.8 Å². The number of hydrogen-bond donors (Lipinski definition) is 1. The average molecular weight is 459 g/mol. The van der Waals surface area contributed by atoms with Crippen LogP contribution < -0.4 is 9.80 Å². The Labute approximate surface area is 195 Å². The van der Waals surface area contributed by atoms with Gasteiger partial charge in [0.1, 0.15) is 0 Å². The first-order valence-corrected chi connectivity index (χ1v) is 12.0. The number of nitrogens with zero attached hydrogens (tertiary/aromatic N) is 2. The molecule has 0 aliphatic heterocycles. The number of benzene rings is 4. The zero-order valence-corrected chi connectivity index (χ0v) is 19.6. The van der Waals surface area contributed by atoms with Gasteiger partial charge in [-0.2, -0.15) is 8.42 Å². The van der Waals surface area contributed by atoms with E-state index in [0.717, 1.165) is 34.0 Å². The van der Waals surface area contributed by atoms with Gasteiger partial charge in [-0.25, -0.2) is 0 Å². The van der Waals surface area contributed by atoms with Crippen LogP contribution in [0.4, 0.5) is 28.4 Å². The van der Waals surface area contributed by atoms with E-state index in [9.17, 15) is 13.0 Å². The summed E-state index contributed by atoms with van der Waals surface area (Å²) in [4.78, 5) is 4.04. The van der Waals surface area contributed by atoms with Crippen molar-refractivity contribution in [2.45, 2.75) is 18.7 Å². The fraction of sp³-hybridized carbons (Fsp3) is 0.111. The second-order valence-corrected chi connectivity index (χ2v) is 9.47. The van der Waals surface area contributed by atoms with Crippen LogP contribution in [0.1, 0.15) is 11.1 Å². The van der Waals surface area contributed by atoms with E-state index in [1.54, 1.807) is 12.1 Å². The Bertz CT molecular complexity index is 1330. The standard InChI is InChI=1S/C27H26N2O3S/c1-20-4-8-22(9-5-20)28(3)23-12-14-25(15-13-23)29(24-10-6-21(2)7-11-24)26-16-18-27(19-17-26)33(30,31)32/h4-19H,1-3H3,(H,30,31,32). The van der Waals surface area contributed by atoms with Crippen LogP contribution in [0.15, 0.2) is 102 Å². The van der Waals surface area contributed by atoms with Gasteiger partial charge in [0.15, 0.2) is 0 Å². The Kier molecular flexibility index (Phi) is 6.22. The first-order valence-electron chi connectivity index (χ1n) is 10.6. The number of anilines is 5. The lowest BCUT2D eigenvalue weighted by Gasteiger charge is -2.27. The zero-order valence-electron chi connectivity index (χ0n) is 18.8. The lowest BCUT2D eigenvalue weighted by molar-refractivity contribution is 0.483. The summed E-state index contributed by atoms with van der Waals surface area (Å²) < 4.78 is 32.3. The minimum atomic E-state index is -4.25. The molecule has 0 spiro atoms. The Hall–Kier alpha value is -3.61. The fourth-order valence-electron chi connectivity index (χ4n) is 3.65. The third kappa shape index (κ3) is 5.08. The lowest BCUT2D eigenvalue weighted by Crippen LogP contribution is -2.12. The Morgan fingerprint density at radius 1 is 0.545 bits per heavy atom. The Balaban J connectivity index is 1.71. The van der Waals surface area contributed by atoms with Gasteiger partial charge < -0.3 is 9.80 Å². The van der Waals surface area contributed by atoms with Crippen molar-refractivity contribution in [3.05, 3.63) is 108 Å². The molecule has 0 bridgehead atoms. The van der Waals surface area contributed by atoms with E-state index in [-0.39, 0.29) is 4.90 Å². The maximum Gasteiger partial charge on any atom is 0.294 e. The minimum Gasteiger partial charge on any atom is -0.345 e. The van der Waals surface area contributed by atoms with E-state index >= 15 is 0 Å². The molecule has 0 aromatic heterocycles. The van der Waals surface area contributed by atoms with Crippen LogP contribution in [0.5, 0.6) is 0 Å². The molecule has 4 aromatic carbocycles. The number of aryl methyl sites for hydroxylation is 2. The highest BCUT2D eigenvalue weighted by atomic mass is 32.2. The monoisotopic (exact) mass is 458 g/mol. The van der Waals surface area contributed by atoms with Crippen LogP contribution in [0.2, 0.25) is 0 Å². The van der Waals surface area contributed by atoms with Crippen LogP contribution in [0.3, 0.4) is 0 Å². The molecular weight excluding hydrogens is 432 g/mol. The molecule has 4 rings (SSSR count). The molecule has 5 nitrogen and oxygen atoms in total. The lowest BCUT2D eigenvalue weighted by atomic mass is 10.1. The largest absolute Gasteiger partial charge is 0.345 e. The van der Waals surface area contributed by atoms with Gasteiger partial charge in [0.2, 0.25) is 0 Å². The van der Waals surface area contributed by atoms with Crippen LogP contribution in [0, 0.1) is 13.8 Å². The molecule has 168 valence electrons. The molecule has 6 heteroatoms. The molecule has 4 aromatic rings. The van der Waals surface area contributed by atoms with Gasteiger partial charge in [0.05, 0.1) is 4.90 Å². The van der Waals surface area contributed by atoms with Crippen molar-refractivity contribution >= 4 is 38.6 Å². The molecule has 0 amide bonds. The van der Waals surface area contributed by atoms with Crippen molar-refractivity contribution in [1.82, 2.24) is 0 Å². The third-order valence-electron chi connectivity index (χ3n) is 5.60. The summed E-state index contributed by atoms with van der Waals surface area (Å²) >= 11 is 0. The molecule has 0 aliphatic carbocycles. The molecular formula is C27H26N2O3S. The van der Waals surface area contributed by atoms with E-state index in [2.05, 4.69) is 48.2 Å². The first kappa shape index (κ1) is 22.6. The van der Waals surface area contributed by atoms with Gasteiger partial charge >= 0.3 is 0 Å². The molecule has 0 saturated heterocycles. The van der Waals surface area contributed by atoms with Crippen LogP contribution in [-0.4, -0.2) is 20.0 Å². The maximum absolute atomic E-state index is 11.5. The van der Waals surface area contributed by atoms with E-state index in [4.69, 9.17) is 0 Å². The summed E-state index contributed by atoms with van der Waals surface area (Å²) in [6.07, 6.45) is 0. The van der Waals surface area contributed by atoms with Crippen molar-refractivity contribution in [3.8, 4) is 0 Å². The van der Waals surface area contributed by atoms with Crippen LogP contribution >= 0.6 is 0 Å². The van der Waals surface area contributed by atoms with Gasteiger partial charge in [-0.1, -0.05) is 35.4 Å². The van der Waals surface area contributed by atoms with Crippen molar-refractivity contribution in [1.29, 1.82) is 0 Å². The van der Waals surface area contributed by atoms with Crippen LogP contribution in [-0.2, 0) is 10.1 Å².